The summed E-state index contributed by atoms with van der Waals surface area (Å²) in [5, 5.41) is 11.7. The second kappa shape index (κ2) is 7.56. The van der Waals surface area contributed by atoms with Gasteiger partial charge >= 0.3 is 0 Å². The van der Waals surface area contributed by atoms with Gasteiger partial charge in [-0.2, -0.15) is 0 Å². The Kier molecular flexibility index (Phi) is 6.08. The molecule has 0 saturated heterocycles. The Balaban J connectivity index is 2.99. The van der Waals surface area contributed by atoms with Gasteiger partial charge in [-0.3, -0.25) is 4.79 Å². The first-order valence-corrected chi connectivity index (χ1v) is 6.58. The third-order valence-electron chi connectivity index (χ3n) is 3.12. The monoisotopic (exact) mass is 275 g/mol. The molecule has 0 spiro atoms. The molecule has 0 heterocycles. The van der Waals surface area contributed by atoms with Crippen molar-refractivity contribution in [3.8, 4) is 17.6 Å². The number of aliphatic hydroxyl groups is 1. The van der Waals surface area contributed by atoms with Crippen LogP contribution in [0.2, 0.25) is 0 Å². The van der Waals surface area contributed by atoms with Crippen LogP contribution in [0.4, 0.5) is 0 Å². The van der Waals surface area contributed by atoms with Crippen molar-refractivity contribution in [1.29, 1.82) is 0 Å². The van der Waals surface area contributed by atoms with Crippen molar-refractivity contribution in [2.45, 2.75) is 26.8 Å². The molecule has 0 aliphatic rings. The third kappa shape index (κ3) is 4.29. The van der Waals surface area contributed by atoms with Gasteiger partial charge in [0, 0.05) is 11.6 Å². The maximum Gasteiger partial charge on any atom is 0.251 e. The fourth-order valence-corrected chi connectivity index (χ4v) is 1.54. The van der Waals surface area contributed by atoms with Crippen molar-refractivity contribution in [2.24, 2.45) is 5.92 Å². The number of carbonyl (C=O) groups excluding carboxylic acids is 1. The van der Waals surface area contributed by atoms with Crippen molar-refractivity contribution >= 4 is 5.91 Å². The molecule has 0 aliphatic carbocycles. The zero-order chi connectivity index (χ0) is 15.1. The van der Waals surface area contributed by atoms with E-state index >= 15 is 0 Å². The van der Waals surface area contributed by atoms with E-state index in [4.69, 9.17) is 9.84 Å². The van der Waals surface area contributed by atoms with Crippen molar-refractivity contribution < 1.29 is 14.6 Å². The Morgan fingerprint density at radius 3 is 2.65 bits per heavy atom. The zero-order valence-corrected chi connectivity index (χ0v) is 12.4. The first kappa shape index (κ1) is 16.1. The van der Waals surface area contributed by atoms with Crippen LogP contribution >= 0.6 is 0 Å². The number of rotatable bonds is 4. The summed E-state index contributed by atoms with van der Waals surface area (Å²) in [4.78, 5) is 12.1. The van der Waals surface area contributed by atoms with Crippen LogP contribution in [0.1, 0.15) is 36.7 Å². The van der Waals surface area contributed by atoms with Crippen LogP contribution in [0.15, 0.2) is 18.2 Å². The van der Waals surface area contributed by atoms with E-state index in [-0.39, 0.29) is 18.6 Å². The topological polar surface area (TPSA) is 58.6 Å². The van der Waals surface area contributed by atoms with Crippen LogP contribution in [0.5, 0.6) is 5.75 Å². The van der Waals surface area contributed by atoms with Crippen molar-refractivity contribution in [2.75, 3.05) is 13.7 Å². The third-order valence-corrected chi connectivity index (χ3v) is 3.12. The molecule has 108 valence electrons. The first-order chi connectivity index (χ1) is 9.49. The number of ether oxygens (including phenoxy) is 1. The summed E-state index contributed by atoms with van der Waals surface area (Å²) < 4.78 is 5.18. The first-order valence-electron chi connectivity index (χ1n) is 6.58. The number of nitrogens with one attached hydrogen (secondary N) is 1. The van der Waals surface area contributed by atoms with Gasteiger partial charge in [-0.15, -0.1) is 0 Å². The molecule has 0 radical (unpaired) electrons. The predicted octanol–water partition coefficient (Wildman–Crippen LogP) is 1.81. The summed E-state index contributed by atoms with van der Waals surface area (Å²) >= 11 is 0. The van der Waals surface area contributed by atoms with Crippen molar-refractivity contribution in [3.05, 3.63) is 29.3 Å². The minimum absolute atomic E-state index is 0.0941. The lowest BCUT2D eigenvalue weighted by atomic mass is 10.0. The highest BCUT2D eigenvalue weighted by Crippen LogP contribution is 2.19. The average Bonchev–Trinajstić information content (AvgIpc) is 2.44. The summed E-state index contributed by atoms with van der Waals surface area (Å²) in [5.74, 6) is 6.15. The molecule has 0 fully saturated rings. The molecule has 20 heavy (non-hydrogen) atoms. The normalized spacial score (nSPS) is 11.5. The Bertz CT molecular complexity index is 526. The van der Waals surface area contributed by atoms with E-state index in [1.54, 1.807) is 25.3 Å². The zero-order valence-electron chi connectivity index (χ0n) is 12.4. The maximum absolute atomic E-state index is 12.1. The molecule has 0 bridgehead atoms. The van der Waals surface area contributed by atoms with Gasteiger partial charge in [0.15, 0.2) is 0 Å². The molecular weight excluding hydrogens is 254 g/mol. The molecule has 0 aromatic heterocycles. The number of hydrogen-bond acceptors (Lipinski definition) is 3. The molecule has 1 amide bonds. The van der Waals surface area contributed by atoms with Gasteiger partial charge in [-0.25, -0.2) is 0 Å². The van der Waals surface area contributed by atoms with E-state index in [1.165, 1.54) is 0 Å². The Morgan fingerprint density at radius 1 is 1.40 bits per heavy atom. The van der Waals surface area contributed by atoms with Crippen LogP contribution < -0.4 is 10.1 Å². The molecular formula is C16H21NO3. The lowest BCUT2D eigenvalue weighted by molar-refractivity contribution is 0.0930. The van der Waals surface area contributed by atoms with E-state index in [0.29, 0.717) is 22.8 Å². The number of amides is 1. The molecule has 1 rings (SSSR count). The quantitative estimate of drug-likeness (QED) is 0.824. The summed E-state index contributed by atoms with van der Waals surface area (Å²) in [6, 6.07) is 5.17. The summed E-state index contributed by atoms with van der Waals surface area (Å²) in [5.41, 5.74) is 1.12. The summed E-state index contributed by atoms with van der Waals surface area (Å²) in [7, 11) is 1.54. The lowest BCUT2D eigenvalue weighted by Crippen LogP contribution is -2.36. The van der Waals surface area contributed by atoms with Crippen molar-refractivity contribution in [3.63, 3.8) is 0 Å². The Hall–Kier alpha value is -1.99. The fourth-order valence-electron chi connectivity index (χ4n) is 1.54. The molecule has 1 aromatic rings. The van der Waals surface area contributed by atoms with Gasteiger partial charge < -0.3 is 15.2 Å². The van der Waals surface area contributed by atoms with Gasteiger partial charge in [0.05, 0.1) is 12.7 Å². The van der Waals surface area contributed by atoms with Crippen LogP contribution in [0, 0.1) is 17.8 Å². The smallest absolute Gasteiger partial charge is 0.251 e. The van der Waals surface area contributed by atoms with E-state index in [2.05, 4.69) is 31.0 Å². The molecule has 1 unspecified atom stereocenters. The fraction of sp³-hybridized carbons (Fsp3) is 0.438. The number of hydrogen-bond donors (Lipinski definition) is 2. The van der Waals surface area contributed by atoms with Crippen LogP contribution in [-0.2, 0) is 0 Å². The minimum atomic E-state index is -0.232. The number of methoxy groups -OCH3 is 1. The number of benzene rings is 1. The molecule has 4 nitrogen and oxygen atoms in total. The van der Waals surface area contributed by atoms with E-state index in [9.17, 15) is 4.79 Å². The lowest BCUT2D eigenvalue weighted by Gasteiger charge is -2.17. The minimum Gasteiger partial charge on any atom is -0.495 e. The molecule has 4 heteroatoms. The highest BCUT2D eigenvalue weighted by Gasteiger charge is 2.13. The van der Waals surface area contributed by atoms with Gasteiger partial charge in [0.2, 0.25) is 0 Å². The average molecular weight is 275 g/mol. The van der Waals surface area contributed by atoms with Crippen LogP contribution in [0.25, 0.3) is 0 Å². The highest BCUT2D eigenvalue weighted by molar-refractivity contribution is 5.95. The standard InChI is InChI=1S/C16H21NO3/c1-11(2)12(3)17-16(19)14-7-8-15(20-4)13(10-14)6-5-9-18/h7-8,10-12,18H,9H2,1-4H3,(H,17,19). The second-order valence-corrected chi connectivity index (χ2v) is 4.88. The largest absolute Gasteiger partial charge is 0.495 e. The van der Waals surface area contributed by atoms with E-state index < -0.39 is 0 Å². The van der Waals surface area contributed by atoms with Crippen molar-refractivity contribution in [1.82, 2.24) is 5.32 Å². The molecule has 0 saturated carbocycles. The molecule has 1 aromatic carbocycles. The van der Waals surface area contributed by atoms with Gasteiger partial charge in [-0.1, -0.05) is 25.7 Å². The maximum atomic E-state index is 12.1. The van der Waals surface area contributed by atoms with Gasteiger partial charge in [-0.05, 0) is 31.0 Å². The molecule has 0 aliphatic heterocycles. The SMILES string of the molecule is COc1ccc(C(=O)NC(C)C(C)C)cc1C#CCO. The van der Waals surface area contributed by atoms with Crippen LogP contribution in [0.3, 0.4) is 0 Å². The predicted molar refractivity (Wildman–Crippen MR) is 78.7 cm³/mol. The van der Waals surface area contributed by atoms with Gasteiger partial charge in [0.1, 0.15) is 12.4 Å². The Labute approximate surface area is 120 Å². The molecule has 2 N–H and O–H groups in total. The van der Waals surface area contributed by atoms with Gasteiger partial charge in [0.25, 0.3) is 5.91 Å². The number of carbonyl (C=O) groups is 1. The highest BCUT2D eigenvalue weighted by atomic mass is 16.5. The van der Waals surface area contributed by atoms with E-state index in [0.717, 1.165) is 0 Å². The summed E-state index contributed by atoms with van der Waals surface area (Å²) in [6.07, 6.45) is 0. The summed E-state index contributed by atoms with van der Waals surface area (Å²) in [6.45, 7) is 5.84. The Morgan fingerprint density at radius 2 is 2.10 bits per heavy atom. The number of aliphatic hydroxyl groups excluding tert-OH is 1. The van der Waals surface area contributed by atoms with E-state index in [1.807, 2.05) is 6.92 Å². The van der Waals surface area contributed by atoms with Crippen LogP contribution in [-0.4, -0.2) is 30.8 Å². The second-order valence-electron chi connectivity index (χ2n) is 4.88. The molecule has 1 atom stereocenters.